The van der Waals surface area contributed by atoms with Gasteiger partial charge in [0.2, 0.25) is 15.9 Å². The van der Waals surface area contributed by atoms with Crippen LogP contribution in [0.1, 0.15) is 26.7 Å². The van der Waals surface area contributed by atoms with Gasteiger partial charge in [-0.3, -0.25) is 4.79 Å². The Balaban J connectivity index is 1.99. The number of anilines is 1. The third-order valence-electron chi connectivity index (χ3n) is 4.61. The first-order valence-corrected chi connectivity index (χ1v) is 11.5. The van der Waals surface area contributed by atoms with Crippen molar-refractivity contribution >= 4 is 44.8 Å². The predicted molar refractivity (Wildman–Crippen MR) is 114 cm³/mol. The summed E-state index contributed by atoms with van der Waals surface area (Å²) in [5.41, 5.74) is 0.279. The summed E-state index contributed by atoms with van der Waals surface area (Å²) in [5, 5.41) is 3.56. The van der Waals surface area contributed by atoms with Gasteiger partial charge in [-0.2, -0.15) is 4.31 Å². The zero-order valence-corrected chi connectivity index (χ0v) is 18.4. The SMILES string of the molecule is CCN(CC)S(=O)(=O)c1ccc(Oc2ccc(Cl)cc2Cl)c(NC(=O)C2CC2)c1. The Morgan fingerprint density at radius 2 is 1.76 bits per heavy atom. The molecule has 0 heterocycles. The smallest absolute Gasteiger partial charge is 0.243 e. The van der Waals surface area contributed by atoms with Gasteiger partial charge >= 0.3 is 0 Å². The van der Waals surface area contributed by atoms with E-state index in [1.165, 1.54) is 22.5 Å². The van der Waals surface area contributed by atoms with Gasteiger partial charge in [-0.05, 0) is 49.2 Å². The van der Waals surface area contributed by atoms with E-state index < -0.39 is 10.0 Å². The lowest BCUT2D eigenvalue weighted by Gasteiger charge is -2.20. The number of carbonyl (C=O) groups excluding carboxylic acids is 1. The summed E-state index contributed by atoms with van der Waals surface area (Å²) >= 11 is 12.1. The molecule has 1 fully saturated rings. The van der Waals surface area contributed by atoms with Gasteiger partial charge in [0.25, 0.3) is 0 Å². The number of hydrogen-bond acceptors (Lipinski definition) is 4. The first-order valence-electron chi connectivity index (χ1n) is 9.34. The first kappa shape index (κ1) is 21.9. The van der Waals surface area contributed by atoms with Crippen molar-refractivity contribution in [2.75, 3.05) is 18.4 Å². The molecule has 0 aromatic heterocycles. The Labute approximate surface area is 180 Å². The van der Waals surface area contributed by atoms with Crippen molar-refractivity contribution in [1.82, 2.24) is 4.31 Å². The van der Waals surface area contributed by atoms with Gasteiger partial charge in [0.15, 0.2) is 5.75 Å². The number of sulfonamides is 1. The van der Waals surface area contributed by atoms with Crippen LogP contribution in [-0.4, -0.2) is 31.7 Å². The van der Waals surface area contributed by atoms with Crippen LogP contribution in [0.25, 0.3) is 0 Å². The highest BCUT2D eigenvalue weighted by molar-refractivity contribution is 7.89. The van der Waals surface area contributed by atoms with Crippen LogP contribution in [0.2, 0.25) is 10.0 Å². The molecule has 1 saturated carbocycles. The molecule has 0 saturated heterocycles. The largest absolute Gasteiger partial charge is 0.454 e. The van der Waals surface area contributed by atoms with E-state index in [9.17, 15) is 13.2 Å². The summed E-state index contributed by atoms with van der Waals surface area (Å²) in [4.78, 5) is 12.4. The van der Waals surface area contributed by atoms with Crippen molar-refractivity contribution < 1.29 is 17.9 Å². The average molecular weight is 457 g/mol. The first-order chi connectivity index (χ1) is 13.8. The quantitative estimate of drug-likeness (QED) is 0.594. The van der Waals surface area contributed by atoms with Gasteiger partial charge in [0.1, 0.15) is 5.75 Å². The molecule has 1 amide bonds. The Hall–Kier alpha value is -1.80. The molecular weight excluding hydrogens is 435 g/mol. The molecule has 0 unspecified atom stereocenters. The summed E-state index contributed by atoms with van der Waals surface area (Å²) in [6.45, 7) is 4.25. The summed E-state index contributed by atoms with van der Waals surface area (Å²) in [5.74, 6) is 0.429. The van der Waals surface area contributed by atoms with Crippen LogP contribution in [0.15, 0.2) is 41.3 Å². The van der Waals surface area contributed by atoms with Gasteiger partial charge < -0.3 is 10.1 Å². The fourth-order valence-corrected chi connectivity index (χ4v) is 4.76. The summed E-state index contributed by atoms with van der Waals surface area (Å²) < 4.78 is 33.0. The van der Waals surface area contributed by atoms with Crippen molar-refractivity contribution in [2.24, 2.45) is 5.92 Å². The topological polar surface area (TPSA) is 75.7 Å². The van der Waals surface area contributed by atoms with Gasteiger partial charge in [-0.1, -0.05) is 37.0 Å². The Morgan fingerprint density at radius 3 is 2.34 bits per heavy atom. The number of halogens is 2. The molecule has 29 heavy (non-hydrogen) atoms. The van der Waals surface area contributed by atoms with Gasteiger partial charge in [0.05, 0.1) is 15.6 Å². The summed E-state index contributed by atoms with van der Waals surface area (Å²) in [6, 6.07) is 9.18. The molecule has 1 aliphatic carbocycles. The highest BCUT2D eigenvalue weighted by Gasteiger charge is 2.31. The zero-order chi connectivity index (χ0) is 21.2. The molecular formula is C20H22Cl2N2O4S. The van der Waals surface area contributed by atoms with E-state index in [0.717, 1.165) is 12.8 Å². The second kappa shape index (κ2) is 8.92. The third-order valence-corrected chi connectivity index (χ3v) is 7.19. The number of hydrogen-bond donors (Lipinski definition) is 1. The van der Waals surface area contributed by atoms with E-state index in [1.807, 2.05) is 0 Å². The van der Waals surface area contributed by atoms with E-state index in [-0.39, 0.29) is 22.4 Å². The molecule has 9 heteroatoms. The zero-order valence-electron chi connectivity index (χ0n) is 16.1. The number of rotatable bonds is 8. The monoisotopic (exact) mass is 456 g/mol. The fourth-order valence-electron chi connectivity index (χ4n) is 2.83. The maximum absolute atomic E-state index is 12.9. The summed E-state index contributed by atoms with van der Waals surface area (Å²) in [7, 11) is -3.68. The number of carbonyl (C=O) groups is 1. The minimum atomic E-state index is -3.68. The predicted octanol–water partition coefficient (Wildman–Crippen LogP) is 5.16. The number of amides is 1. The Kier molecular flexibility index (Phi) is 6.73. The minimum Gasteiger partial charge on any atom is -0.454 e. The third kappa shape index (κ3) is 5.04. The molecule has 0 bridgehead atoms. The molecule has 0 aliphatic heterocycles. The van der Waals surface area contributed by atoms with E-state index in [1.54, 1.807) is 32.0 Å². The molecule has 2 aromatic carbocycles. The van der Waals surface area contributed by atoms with Gasteiger partial charge in [-0.15, -0.1) is 0 Å². The van der Waals surface area contributed by atoms with Crippen molar-refractivity contribution in [3.05, 3.63) is 46.4 Å². The van der Waals surface area contributed by atoms with Crippen LogP contribution in [0, 0.1) is 5.92 Å². The van der Waals surface area contributed by atoms with Crippen molar-refractivity contribution in [3.63, 3.8) is 0 Å². The van der Waals surface area contributed by atoms with E-state index in [0.29, 0.717) is 34.6 Å². The normalized spacial score (nSPS) is 14.1. The number of nitrogens with one attached hydrogen (secondary N) is 1. The lowest BCUT2D eigenvalue weighted by molar-refractivity contribution is -0.117. The highest BCUT2D eigenvalue weighted by Crippen LogP contribution is 2.38. The molecule has 0 radical (unpaired) electrons. The van der Waals surface area contributed by atoms with E-state index in [2.05, 4.69) is 5.32 Å². The van der Waals surface area contributed by atoms with Crippen LogP contribution in [0.4, 0.5) is 5.69 Å². The molecule has 6 nitrogen and oxygen atoms in total. The maximum atomic E-state index is 12.9. The van der Waals surface area contributed by atoms with Crippen LogP contribution >= 0.6 is 23.2 Å². The van der Waals surface area contributed by atoms with Gasteiger partial charge in [-0.25, -0.2) is 8.42 Å². The molecule has 0 atom stereocenters. The second-order valence-corrected chi connectivity index (χ2v) is 9.47. The highest BCUT2D eigenvalue weighted by atomic mass is 35.5. The van der Waals surface area contributed by atoms with Crippen molar-refractivity contribution in [1.29, 1.82) is 0 Å². The lowest BCUT2D eigenvalue weighted by atomic mass is 10.2. The second-order valence-electron chi connectivity index (χ2n) is 6.69. The number of nitrogens with zero attached hydrogens (tertiary/aromatic N) is 1. The average Bonchev–Trinajstić information content (AvgIpc) is 3.51. The van der Waals surface area contributed by atoms with Gasteiger partial charge in [0, 0.05) is 24.0 Å². The molecule has 156 valence electrons. The van der Waals surface area contributed by atoms with E-state index in [4.69, 9.17) is 27.9 Å². The number of benzene rings is 2. The molecule has 3 rings (SSSR count). The van der Waals surface area contributed by atoms with Crippen LogP contribution in [-0.2, 0) is 14.8 Å². The summed E-state index contributed by atoms with van der Waals surface area (Å²) in [6.07, 6.45) is 1.64. The standard InChI is InChI=1S/C20H22Cl2N2O4S/c1-3-24(4-2)29(26,27)15-8-10-19(17(12-15)23-20(25)13-5-6-13)28-18-9-7-14(21)11-16(18)22/h7-13H,3-6H2,1-2H3,(H,23,25). The van der Waals surface area contributed by atoms with Crippen molar-refractivity contribution in [3.8, 4) is 11.5 Å². The van der Waals surface area contributed by atoms with Crippen LogP contribution in [0.5, 0.6) is 11.5 Å². The fraction of sp³-hybridized carbons (Fsp3) is 0.350. The number of ether oxygens (including phenoxy) is 1. The minimum absolute atomic E-state index is 0.0509. The lowest BCUT2D eigenvalue weighted by Crippen LogP contribution is -2.30. The maximum Gasteiger partial charge on any atom is 0.243 e. The Bertz CT molecular complexity index is 1020. The molecule has 1 aliphatic rings. The van der Waals surface area contributed by atoms with Crippen LogP contribution < -0.4 is 10.1 Å². The van der Waals surface area contributed by atoms with Crippen LogP contribution in [0.3, 0.4) is 0 Å². The molecule has 0 spiro atoms. The molecule has 1 N–H and O–H groups in total. The van der Waals surface area contributed by atoms with E-state index >= 15 is 0 Å². The molecule has 2 aromatic rings. The Morgan fingerprint density at radius 1 is 1.10 bits per heavy atom. The van der Waals surface area contributed by atoms with Crippen molar-refractivity contribution in [2.45, 2.75) is 31.6 Å².